The Labute approximate surface area is 105 Å². The molecular weight excluding hydrogens is 240 g/mol. The number of methoxy groups -OCH3 is 3. The van der Waals surface area contributed by atoms with Crippen LogP contribution in [-0.4, -0.2) is 48.6 Å². The largest absolute Gasteiger partial charge is 0.466 e. The molecule has 0 aliphatic rings. The van der Waals surface area contributed by atoms with Gasteiger partial charge in [0, 0.05) is 26.8 Å². The number of carbonyl (C=O) groups is 2. The lowest BCUT2D eigenvalue weighted by Gasteiger charge is -2.25. The van der Waals surface area contributed by atoms with Crippen molar-refractivity contribution in [3.8, 4) is 0 Å². The van der Waals surface area contributed by atoms with Crippen LogP contribution in [0.4, 0.5) is 0 Å². The first-order valence-electron chi connectivity index (χ1n) is 5.19. The zero-order chi connectivity index (χ0) is 13.8. The molecule has 0 bridgehead atoms. The number of rotatable bonds is 5. The molecule has 0 radical (unpaired) electrons. The number of hydrogen-bond acceptors (Lipinski definition) is 6. The Balaban J connectivity index is 3.10. The van der Waals surface area contributed by atoms with Crippen molar-refractivity contribution in [1.82, 2.24) is 9.78 Å². The summed E-state index contributed by atoms with van der Waals surface area (Å²) in [5.41, 5.74) is -1.14. The van der Waals surface area contributed by atoms with Gasteiger partial charge in [0.1, 0.15) is 0 Å². The SMILES string of the molecule is COC(=O)C(Cc1cnn(C)c1)(OC)C(=O)OC. The van der Waals surface area contributed by atoms with Crippen molar-refractivity contribution in [3.63, 3.8) is 0 Å². The first-order valence-corrected chi connectivity index (χ1v) is 5.19. The molecule has 7 nitrogen and oxygen atoms in total. The van der Waals surface area contributed by atoms with E-state index in [2.05, 4.69) is 14.6 Å². The molecule has 0 spiro atoms. The minimum Gasteiger partial charge on any atom is -0.466 e. The van der Waals surface area contributed by atoms with Crippen LogP contribution in [0.3, 0.4) is 0 Å². The Kier molecular flexibility index (Phi) is 4.43. The van der Waals surface area contributed by atoms with E-state index in [1.807, 2.05) is 0 Å². The highest BCUT2D eigenvalue weighted by molar-refractivity contribution is 6.03. The zero-order valence-electron chi connectivity index (χ0n) is 10.8. The fourth-order valence-corrected chi connectivity index (χ4v) is 1.65. The Bertz CT molecular complexity index is 424. The summed E-state index contributed by atoms with van der Waals surface area (Å²) < 4.78 is 15.9. The van der Waals surface area contributed by atoms with Crippen molar-refractivity contribution in [3.05, 3.63) is 18.0 Å². The second-order valence-electron chi connectivity index (χ2n) is 3.71. The molecular formula is C11H16N2O5. The Morgan fingerprint density at radius 3 is 2.17 bits per heavy atom. The van der Waals surface area contributed by atoms with Crippen molar-refractivity contribution in [2.45, 2.75) is 12.0 Å². The molecule has 100 valence electrons. The molecule has 0 saturated carbocycles. The van der Waals surface area contributed by atoms with E-state index < -0.39 is 17.5 Å². The first-order chi connectivity index (χ1) is 8.50. The maximum Gasteiger partial charge on any atom is 0.350 e. The van der Waals surface area contributed by atoms with Gasteiger partial charge in [0.25, 0.3) is 5.60 Å². The van der Waals surface area contributed by atoms with E-state index in [9.17, 15) is 9.59 Å². The van der Waals surface area contributed by atoms with Crippen LogP contribution in [0.2, 0.25) is 0 Å². The van der Waals surface area contributed by atoms with E-state index in [0.29, 0.717) is 5.56 Å². The van der Waals surface area contributed by atoms with E-state index in [-0.39, 0.29) is 6.42 Å². The van der Waals surface area contributed by atoms with Crippen molar-refractivity contribution >= 4 is 11.9 Å². The van der Waals surface area contributed by atoms with Crippen LogP contribution >= 0.6 is 0 Å². The maximum atomic E-state index is 11.8. The summed E-state index contributed by atoms with van der Waals surface area (Å²) in [5.74, 6) is -1.61. The van der Waals surface area contributed by atoms with E-state index >= 15 is 0 Å². The Hall–Kier alpha value is -1.89. The van der Waals surface area contributed by atoms with Gasteiger partial charge in [0.15, 0.2) is 0 Å². The summed E-state index contributed by atoms with van der Waals surface area (Å²) in [6.45, 7) is 0. The second-order valence-corrected chi connectivity index (χ2v) is 3.71. The van der Waals surface area contributed by atoms with Crippen LogP contribution in [0.25, 0.3) is 0 Å². The number of ether oxygens (including phenoxy) is 3. The third kappa shape index (κ3) is 2.51. The second kappa shape index (κ2) is 5.63. The van der Waals surface area contributed by atoms with E-state index in [1.54, 1.807) is 24.1 Å². The number of esters is 2. The predicted molar refractivity (Wildman–Crippen MR) is 60.7 cm³/mol. The quantitative estimate of drug-likeness (QED) is 0.531. The summed E-state index contributed by atoms with van der Waals surface area (Å²) in [5, 5.41) is 3.96. The number of nitrogens with zero attached hydrogens (tertiary/aromatic N) is 2. The number of aromatic nitrogens is 2. The van der Waals surface area contributed by atoms with Gasteiger partial charge < -0.3 is 14.2 Å². The normalized spacial score (nSPS) is 11.1. The summed E-state index contributed by atoms with van der Waals surface area (Å²) in [6.07, 6.45) is 3.22. The highest BCUT2D eigenvalue weighted by Gasteiger charge is 2.49. The lowest BCUT2D eigenvalue weighted by molar-refractivity contribution is -0.184. The molecule has 18 heavy (non-hydrogen) atoms. The molecule has 0 unspecified atom stereocenters. The van der Waals surface area contributed by atoms with Gasteiger partial charge in [0.2, 0.25) is 0 Å². The third-order valence-electron chi connectivity index (χ3n) is 2.59. The zero-order valence-corrected chi connectivity index (χ0v) is 10.8. The molecule has 0 aliphatic heterocycles. The predicted octanol–water partition coefficient (Wildman–Crippen LogP) is -0.306. The fourth-order valence-electron chi connectivity index (χ4n) is 1.65. The summed E-state index contributed by atoms with van der Waals surface area (Å²) in [6, 6.07) is 0. The molecule has 0 amide bonds. The topological polar surface area (TPSA) is 79.6 Å². The van der Waals surface area contributed by atoms with Gasteiger partial charge in [-0.05, 0) is 5.56 Å². The van der Waals surface area contributed by atoms with Crippen molar-refractivity contribution in [2.24, 2.45) is 7.05 Å². The molecule has 0 saturated heterocycles. The van der Waals surface area contributed by atoms with Gasteiger partial charge in [0.05, 0.1) is 20.4 Å². The van der Waals surface area contributed by atoms with E-state index in [4.69, 9.17) is 4.74 Å². The van der Waals surface area contributed by atoms with Crippen molar-refractivity contribution in [1.29, 1.82) is 0 Å². The molecule has 0 aliphatic carbocycles. The van der Waals surface area contributed by atoms with Crippen LogP contribution in [-0.2, 0) is 37.3 Å². The molecule has 1 aromatic rings. The number of carbonyl (C=O) groups excluding carboxylic acids is 2. The molecule has 7 heteroatoms. The van der Waals surface area contributed by atoms with Gasteiger partial charge in [-0.3, -0.25) is 4.68 Å². The van der Waals surface area contributed by atoms with Crippen molar-refractivity contribution in [2.75, 3.05) is 21.3 Å². The Morgan fingerprint density at radius 2 is 1.83 bits per heavy atom. The average molecular weight is 256 g/mol. The monoisotopic (exact) mass is 256 g/mol. The standard InChI is InChI=1S/C11H16N2O5/c1-13-7-8(6-12-13)5-11(18-4,9(14)16-2)10(15)17-3/h6-7H,5H2,1-4H3. The fraction of sp³-hybridized carbons (Fsp3) is 0.545. The third-order valence-corrected chi connectivity index (χ3v) is 2.59. The Morgan fingerprint density at radius 1 is 1.28 bits per heavy atom. The van der Waals surface area contributed by atoms with Gasteiger partial charge >= 0.3 is 11.9 Å². The highest BCUT2D eigenvalue weighted by Crippen LogP contribution is 2.21. The minimum atomic E-state index is -1.80. The molecule has 0 aromatic carbocycles. The van der Waals surface area contributed by atoms with E-state index in [0.717, 1.165) is 0 Å². The number of hydrogen-bond donors (Lipinski definition) is 0. The van der Waals surface area contributed by atoms with Crippen LogP contribution in [0.5, 0.6) is 0 Å². The molecule has 0 fully saturated rings. The van der Waals surface area contributed by atoms with Crippen LogP contribution in [0.1, 0.15) is 5.56 Å². The molecule has 0 atom stereocenters. The summed E-state index contributed by atoms with van der Waals surface area (Å²) in [7, 11) is 5.35. The van der Waals surface area contributed by atoms with Gasteiger partial charge in [-0.1, -0.05) is 0 Å². The maximum absolute atomic E-state index is 11.8. The first kappa shape index (κ1) is 14.2. The minimum absolute atomic E-state index is 0.00329. The smallest absolute Gasteiger partial charge is 0.350 e. The summed E-state index contributed by atoms with van der Waals surface area (Å²) >= 11 is 0. The molecule has 1 rings (SSSR count). The van der Waals surface area contributed by atoms with Crippen LogP contribution in [0.15, 0.2) is 12.4 Å². The van der Waals surface area contributed by atoms with E-state index in [1.165, 1.54) is 21.3 Å². The summed E-state index contributed by atoms with van der Waals surface area (Å²) in [4.78, 5) is 23.6. The van der Waals surface area contributed by atoms with Crippen LogP contribution < -0.4 is 0 Å². The van der Waals surface area contributed by atoms with Gasteiger partial charge in [-0.15, -0.1) is 0 Å². The molecule has 1 heterocycles. The lowest BCUT2D eigenvalue weighted by Crippen LogP contribution is -2.51. The lowest BCUT2D eigenvalue weighted by atomic mass is 9.96. The van der Waals surface area contributed by atoms with Gasteiger partial charge in [-0.2, -0.15) is 5.10 Å². The molecule has 1 aromatic heterocycles. The highest BCUT2D eigenvalue weighted by atomic mass is 16.6. The average Bonchev–Trinajstić information content (AvgIpc) is 2.79. The number of aryl methyl sites for hydroxylation is 1. The molecule has 0 N–H and O–H groups in total. The van der Waals surface area contributed by atoms with Crippen molar-refractivity contribution < 1.29 is 23.8 Å². The van der Waals surface area contributed by atoms with Gasteiger partial charge in [-0.25, -0.2) is 9.59 Å². The van der Waals surface area contributed by atoms with Crippen LogP contribution in [0, 0.1) is 0 Å².